The summed E-state index contributed by atoms with van der Waals surface area (Å²) in [5, 5.41) is 0.805. The van der Waals surface area contributed by atoms with Crippen molar-refractivity contribution >= 4 is 17.9 Å². The first-order chi connectivity index (χ1) is 6.24. The van der Waals surface area contributed by atoms with Gasteiger partial charge in [0.05, 0.1) is 0 Å². The lowest BCUT2D eigenvalue weighted by atomic mass is 10.1. The fourth-order valence-corrected chi connectivity index (χ4v) is 1.37. The van der Waals surface area contributed by atoms with E-state index in [1.807, 2.05) is 19.1 Å². The molecular weight excluding hydrogens is 184 g/mol. The Morgan fingerprint density at radius 2 is 2.23 bits per heavy atom. The molecule has 1 aromatic carbocycles. The highest BCUT2D eigenvalue weighted by Gasteiger charge is 1.97. The Balaban J connectivity index is 2.57. The Kier molecular flexibility index (Phi) is 3.97. The molecule has 2 heteroatoms. The predicted octanol–water partition coefficient (Wildman–Crippen LogP) is 3.17. The van der Waals surface area contributed by atoms with Crippen LogP contribution in [0, 0.1) is 6.92 Å². The number of halogens is 1. The van der Waals surface area contributed by atoms with Gasteiger partial charge in [0, 0.05) is 11.4 Å². The summed E-state index contributed by atoms with van der Waals surface area (Å²) in [6, 6.07) is 6.00. The van der Waals surface area contributed by atoms with Gasteiger partial charge in [-0.05, 0) is 37.0 Å². The second kappa shape index (κ2) is 5.03. The summed E-state index contributed by atoms with van der Waals surface area (Å²) >= 11 is 5.89. The van der Waals surface area contributed by atoms with E-state index in [2.05, 4.69) is 6.07 Å². The van der Waals surface area contributed by atoms with E-state index in [9.17, 15) is 4.79 Å². The van der Waals surface area contributed by atoms with Crippen molar-refractivity contribution in [1.29, 1.82) is 0 Å². The molecule has 0 aromatic heterocycles. The summed E-state index contributed by atoms with van der Waals surface area (Å²) < 4.78 is 0. The molecule has 0 amide bonds. The van der Waals surface area contributed by atoms with Crippen molar-refractivity contribution in [2.45, 2.75) is 26.2 Å². The van der Waals surface area contributed by atoms with Crippen LogP contribution in [-0.4, -0.2) is 6.29 Å². The average Bonchev–Trinajstić information content (AvgIpc) is 2.12. The summed E-state index contributed by atoms with van der Waals surface area (Å²) in [5.74, 6) is 0. The minimum Gasteiger partial charge on any atom is -0.303 e. The molecule has 1 aromatic rings. The van der Waals surface area contributed by atoms with Gasteiger partial charge in [-0.25, -0.2) is 0 Å². The smallest absolute Gasteiger partial charge is 0.120 e. The molecule has 0 spiro atoms. The number of hydrogen-bond donors (Lipinski definition) is 0. The first-order valence-electron chi connectivity index (χ1n) is 4.42. The van der Waals surface area contributed by atoms with Crippen molar-refractivity contribution in [3.05, 3.63) is 34.3 Å². The fraction of sp³-hybridized carbons (Fsp3) is 0.364. The van der Waals surface area contributed by atoms with Gasteiger partial charge in [-0.1, -0.05) is 23.7 Å². The van der Waals surface area contributed by atoms with E-state index in [4.69, 9.17) is 11.6 Å². The van der Waals surface area contributed by atoms with Crippen LogP contribution in [-0.2, 0) is 11.2 Å². The van der Waals surface area contributed by atoms with E-state index in [1.54, 1.807) is 0 Å². The molecule has 0 N–H and O–H groups in total. The summed E-state index contributed by atoms with van der Waals surface area (Å²) in [5.41, 5.74) is 2.36. The van der Waals surface area contributed by atoms with Gasteiger partial charge >= 0.3 is 0 Å². The van der Waals surface area contributed by atoms with E-state index in [0.29, 0.717) is 6.42 Å². The zero-order valence-corrected chi connectivity index (χ0v) is 8.47. The van der Waals surface area contributed by atoms with E-state index in [0.717, 1.165) is 29.7 Å². The number of aldehydes is 1. The second-order valence-electron chi connectivity index (χ2n) is 3.14. The zero-order valence-electron chi connectivity index (χ0n) is 7.72. The lowest BCUT2D eigenvalue weighted by Crippen LogP contribution is -1.87. The quantitative estimate of drug-likeness (QED) is 0.534. The van der Waals surface area contributed by atoms with Gasteiger partial charge in [0.2, 0.25) is 0 Å². The van der Waals surface area contributed by atoms with Gasteiger partial charge in [0.15, 0.2) is 0 Å². The average molecular weight is 197 g/mol. The summed E-state index contributed by atoms with van der Waals surface area (Å²) in [7, 11) is 0. The van der Waals surface area contributed by atoms with Gasteiger partial charge in [0.25, 0.3) is 0 Å². The first kappa shape index (κ1) is 10.3. The van der Waals surface area contributed by atoms with Crippen molar-refractivity contribution in [2.24, 2.45) is 0 Å². The van der Waals surface area contributed by atoms with Gasteiger partial charge in [-0.3, -0.25) is 0 Å². The minimum absolute atomic E-state index is 0.641. The zero-order chi connectivity index (χ0) is 9.68. The Morgan fingerprint density at radius 3 is 2.85 bits per heavy atom. The monoisotopic (exact) mass is 196 g/mol. The molecule has 0 fully saturated rings. The van der Waals surface area contributed by atoms with Crippen LogP contribution in [0.5, 0.6) is 0 Å². The van der Waals surface area contributed by atoms with E-state index in [-0.39, 0.29) is 0 Å². The summed E-state index contributed by atoms with van der Waals surface area (Å²) in [6.45, 7) is 1.99. The standard InChI is InChI=1S/C11H13ClO/c1-9-8-10(4-2-3-7-13)5-6-11(9)12/h5-8H,2-4H2,1H3. The van der Waals surface area contributed by atoms with Gasteiger partial charge in [-0.2, -0.15) is 0 Å². The van der Waals surface area contributed by atoms with Gasteiger partial charge in [0.1, 0.15) is 6.29 Å². The topological polar surface area (TPSA) is 17.1 Å². The molecule has 0 bridgehead atoms. The molecule has 1 rings (SSSR count). The van der Waals surface area contributed by atoms with Gasteiger partial charge in [-0.15, -0.1) is 0 Å². The van der Waals surface area contributed by atoms with Crippen LogP contribution >= 0.6 is 11.6 Å². The van der Waals surface area contributed by atoms with Crippen molar-refractivity contribution < 1.29 is 4.79 Å². The number of carbonyl (C=O) groups excluding carboxylic acids is 1. The lowest BCUT2D eigenvalue weighted by Gasteiger charge is -2.02. The van der Waals surface area contributed by atoms with Crippen LogP contribution in [0.2, 0.25) is 5.02 Å². The summed E-state index contributed by atoms with van der Waals surface area (Å²) in [6.07, 6.45) is 3.48. The Bertz CT molecular complexity index is 294. The van der Waals surface area contributed by atoms with Crippen molar-refractivity contribution in [3.63, 3.8) is 0 Å². The molecule has 1 nitrogen and oxygen atoms in total. The highest BCUT2D eigenvalue weighted by molar-refractivity contribution is 6.31. The van der Waals surface area contributed by atoms with E-state index in [1.165, 1.54) is 5.56 Å². The number of unbranched alkanes of at least 4 members (excludes halogenated alkanes) is 1. The predicted molar refractivity (Wildman–Crippen MR) is 55.2 cm³/mol. The third-order valence-electron chi connectivity index (χ3n) is 2.01. The third kappa shape index (κ3) is 3.19. The lowest BCUT2D eigenvalue weighted by molar-refractivity contribution is -0.107. The maximum absolute atomic E-state index is 10.1. The Morgan fingerprint density at radius 1 is 1.46 bits per heavy atom. The molecule has 0 saturated carbocycles. The molecule has 0 unspecified atom stereocenters. The first-order valence-corrected chi connectivity index (χ1v) is 4.80. The highest BCUT2D eigenvalue weighted by Crippen LogP contribution is 2.17. The molecular formula is C11H13ClO. The number of hydrogen-bond acceptors (Lipinski definition) is 1. The van der Waals surface area contributed by atoms with Crippen LogP contribution in [0.1, 0.15) is 24.0 Å². The van der Waals surface area contributed by atoms with Crippen LogP contribution < -0.4 is 0 Å². The van der Waals surface area contributed by atoms with Crippen LogP contribution in [0.25, 0.3) is 0 Å². The fourth-order valence-electron chi connectivity index (χ4n) is 1.25. The minimum atomic E-state index is 0.641. The highest BCUT2D eigenvalue weighted by atomic mass is 35.5. The van der Waals surface area contributed by atoms with Crippen molar-refractivity contribution in [3.8, 4) is 0 Å². The second-order valence-corrected chi connectivity index (χ2v) is 3.55. The molecule has 0 radical (unpaired) electrons. The molecule has 0 heterocycles. The normalized spacial score (nSPS) is 10.0. The molecule has 0 atom stereocenters. The molecule has 70 valence electrons. The molecule has 0 saturated heterocycles. The Labute approximate surface area is 83.7 Å². The summed E-state index contributed by atoms with van der Waals surface area (Å²) in [4.78, 5) is 10.1. The molecule has 13 heavy (non-hydrogen) atoms. The number of benzene rings is 1. The molecule has 0 aliphatic heterocycles. The third-order valence-corrected chi connectivity index (χ3v) is 2.43. The number of rotatable bonds is 4. The van der Waals surface area contributed by atoms with Crippen LogP contribution in [0.3, 0.4) is 0 Å². The van der Waals surface area contributed by atoms with Crippen molar-refractivity contribution in [2.75, 3.05) is 0 Å². The number of aryl methyl sites for hydroxylation is 2. The van der Waals surface area contributed by atoms with Crippen molar-refractivity contribution in [1.82, 2.24) is 0 Å². The maximum Gasteiger partial charge on any atom is 0.120 e. The van der Waals surface area contributed by atoms with Gasteiger partial charge < -0.3 is 4.79 Å². The number of carbonyl (C=O) groups is 1. The SMILES string of the molecule is Cc1cc(CCCC=O)ccc1Cl. The van der Waals surface area contributed by atoms with E-state index >= 15 is 0 Å². The Hall–Kier alpha value is -0.820. The molecule has 0 aliphatic rings. The van der Waals surface area contributed by atoms with E-state index < -0.39 is 0 Å². The molecule has 0 aliphatic carbocycles. The van der Waals surface area contributed by atoms with Crippen LogP contribution in [0.4, 0.5) is 0 Å². The largest absolute Gasteiger partial charge is 0.303 e. The van der Waals surface area contributed by atoms with Crippen LogP contribution in [0.15, 0.2) is 18.2 Å². The maximum atomic E-state index is 10.1.